The van der Waals surface area contributed by atoms with Gasteiger partial charge in [0.1, 0.15) is 16.9 Å². The summed E-state index contributed by atoms with van der Waals surface area (Å²) < 4.78 is 6.06. The zero-order chi connectivity index (χ0) is 14.3. The largest absolute Gasteiger partial charge is 0.495 e. The van der Waals surface area contributed by atoms with Crippen LogP contribution in [0, 0.1) is 0 Å². The van der Waals surface area contributed by atoms with Crippen LogP contribution in [-0.2, 0) is 24.9 Å². The first-order valence-corrected chi connectivity index (χ1v) is 6.72. The van der Waals surface area contributed by atoms with E-state index in [-0.39, 0.29) is 20.1 Å². The van der Waals surface area contributed by atoms with Crippen LogP contribution in [0.15, 0.2) is 24.3 Å². The van der Waals surface area contributed by atoms with E-state index in [9.17, 15) is 0 Å². The number of carbonyl (C=O) groups excluding carboxylic acids is 1. The van der Waals surface area contributed by atoms with Gasteiger partial charge in [0.25, 0.3) is 0 Å². The Morgan fingerprint density at radius 3 is 2.30 bits per heavy atom. The number of methoxy groups -OCH3 is 1. The first-order valence-electron chi connectivity index (χ1n) is 5.87. The van der Waals surface area contributed by atoms with E-state index in [2.05, 4.69) is 28.5 Å². The maximum atomic E-state index is 8.00. The second kappa shape index (κ2) is 10.2. The molecule has 1 aliphatic rings. The molecule has 1 aliphatic heterocycles. The number of nitrogens with zero attached hydrogens (tertiary/aromatic N) is 2. The fourth-order valence-electron chi connectivity index (χ4n) is 2.03. The van der Waals surface area contributed by atoms with Gasteiger partial charge in [-0.15, -0.1) is 12.6 Å². The van der Waals surface area contributed by atoms with E-state index in [4.69, 9.17) is 21.7 Å². The number of hydrogen-bond donors (Lipinski definition) is 1. The molecule has 0 aliphatic carbocycles. The molecule has 20 heavy (non-hydrogen) atoms. The van der Waals surface area contributed by atoms with Crippen molar-refractivity contribution in [3.05, 3.63) is 24.3 Å². The van der Waals surface area contributed by atoms with Crippen molar-refractivity contribution in [2.45, 2.75) is 0 Å². The number of benzene rings is 1. The standard InChI is InChI=1S/C12H16N2OS2.CH2O.Tc/c1-15-11-5-3-2-4-10(11)13-6-8-14(9-7-13)12(16)17;1-2;/h2-5H,6-9H2,1H3,(H,16,17);1H2;/i;;1+1. The van der Waals surface area contributed by atoms with Crippen LogP contribution in [0.3, 0.4) is 0 Å². The summed E-state index contributed by atoms with van der Waals surface area (Å²) in [7, 11) is 1.71. The van der Waals surface area contributed by atoms with E-state index in [1.54, 1.807) is 7.11 Å². The van der Waals surface area contributed by atoms with Crippen molar-refractivity contribution in [3.63, 3.8) is 0 Å². The Labute approximate surface area is 144 Å². The van der Waals surface area contributed by atoms with Gasteiger partial charge >= 0.3 is 0 Å². The first-order chi connectivity index (χ1) is 9.22. The number of carbonyl (C=O) groups is 1. The van der Waals surface area contributed by atoms with Gasteiger partial charge in [-0.2, -0.15) is 0 Å². The van der Waals surface area contributed by atoms with Crippen LogP contribution in [-0.4, -0.2) is 49.3 Å². The van der Waals surface area contributed by atoms with Gasteiger partial charge < -0.3 is 19.3 Å². The zero-order valence-electron chi connectivity index (χ0n) is 11.3. The van der Waals surface area contributed by atoms with Crippen LogP contribution < -0.4 is 9.64 Å². The summed E-state index contributed by atoms with van der Waals surface area (Å²) in [6.07, 6.45) is 0. The van der Waals surface area contributed by atoms with Gasteiger partial charge in [-0.3, -0.25) is 0 Å². The third kappa shape index (κ3) is 5.05. The van der Waals surface area contributed by atoms with Gasteiger partial charge in [0, 0.05) is 46.3 Å². The summed E-state index contributed by atoms with van der Waals surface area (Å²) in [5.41, 5.74) is 1.15. The predicted molar refractivity (Wildman–Crippen MR) is 85.5 cm³/mol. The fourth-order valence-corrected chi connectivity index (χ4v) is 2.41. The minimum Gasteiger partial charge on any atom is -0.495 e. The smallest absolute Gasteiger partial charge is 0.142 e. The maximum Gasteiger partial charge on any atom is 0.142 e. The molecule has 4 nitrogen and oxygen atoms in total. The van der Waals surface area contributed by atoms with Gasteiger partial charge in [-0.05, 0) is 12.1 Å². The Morgan fingerprint density at radius 1 is 1.25 bits per heavy atom. The molecule has 0 amide bonds. The molecule has 0 atom stereocenters. The molecule has 1 radical (unpaired) electrons. The summed E-state index contributed by atoms with van der Waals surface area (Å²) in [6.45, 7) is 5.73. The summed E-state index contributed by atoms with van der Waals surface area (Å²) in [4.78, 5) is 12.4. The molecule has 7 heteroatoms. The first kappa shape index (κ1) is 19.4. The van der Waals surface area contributed by atoms with E-state index >= 15 is 0 Å². The number of thiocarbonyl (C=S) groups is 1. The normalized spacial score (nSPS) is 13.7. The van der Waals surface area contributed by atoms with Gasteiger partial charge in [-0.1, -0.05) is 24.4 Å². The van der Waals surface area contributed by atoms with Crippen molar-refractivity contribution in [1.29, 1.82) is 0 Å². The van der Waals surface area contributed by atoms with Crippen molar-refractivity contribution in [2.75, 3.05) is 38.2 Å². The van der Waals surface area contributed by atoms with E-state index in [0.29, 0.717) is 4.32 Å². The summed E-state index contributed by atoms with van der Waals surface area (Å²) in [5.74, 6) is 0.925. The number of anilines is 1. The van der Waals surface area contributed by atoms with Crippen molar-refractivity contribution >= 4 is 41.6 Å². The average Bonchev–Trinajstić information content (AvgIpc) is 2.49. The second-order valence-electron chi connectivity index (χ2n) is 3.93. The Balaban J connectivity index is 0.00000115. The van der Waals surface area contributed by atoms with Gasteiger partial charge in [0.05, 0.1) is 12.8 Å². The summed E-state index contributed by atoms with van der Waals surface area (Å²) >= 11 is 9.28. The van der Waals surface area contributed by atoms with Gasteiger partial charge in [0.2, 0.25) is 0 Å². The van der Waals surface area contributed by atoms with Crippen molar-refractivity contribution in [2.24, 2.45) is 0 Å². The Kier molecular flexibility index (Phi) is 9.84. The zero-order valence-corrected chi connectivity index (χ0v) is 14.9. The quantitative estimate of drug-likeness (QED) is 0.609. The third-order valence-electron chi connectivity index (χ3n) is 2.98. The topological polar surface area (TPSA) is 32.8 Å². The molecule has 1 aromatic carbocycles. The van der Waals surface area contributed by atoms with Crippen LogP contribution in [0.2, 0.25) is 0 Å². The van der Waals surface area contributed by atoms with Gasteiger partial charge in [-0.25, -0.2) is 0 Å². The molecule has 1 aromatic rings. The molecule has 0 N–H and O–H groups in total. The van der Waals surface area contributed by atoms with Crippen LogP contribution in [0.1, 0.15) is 0 Å². The molecule has 1 fully saturated rings. The van der Waals surface area contributed by atoms with Crippen LogP contribution in [0.25, 0.3) is 0 Å². The van der Waals surface area contributed by atoms with Crippen LogP contribution in [0.5, 0.6) is 5.75 Å². The van der Waals surface area contributed by atoms with Crippen molar-refractivity contribution < 1.29 is 29.6 Å². The Morgan fingerprint density at radius 2 is 1.80 bits per heavy atom. The minimum absolute atomic E-state index is 0. The summed E-state index contributed by atoms with van der Waals surface area (Å²) in [6, 6.07) is 8.10. The minimum atomic E-state index is 0. The number of piperazine rings is 1. The maximum absolute atomic E-state index is 8.00. The summed E-state index contributed by atoms with van der Waals surface area (Å²) in [5, 5.41) is 0. The monoisotopic (exact) mass is 397 g/mol. The fraction of sp³-hybridized carbons (Fsp3) is 0.385. The molecule has 1 saturated heterocycles. The molecule has 1 heterocycles. The van der Waals surface area contributed by atoms with E-state index < -0.39 is 0 Å². The molecule has 0 aromatic heterocycles. The number of hydrogen-bond acceptors (Lipinski definition) is 4. The SMILES string of the molecule is C=O.COc1ccccc1N1CCN(C(=S)S)CC1.[99Tc]. The second-order valence-corrected chi connectivity index (χ2v) is 5.04. The molecule has 0 spiro atoms. The molecular formula is C13H18N2O2S2Tc. The number of thiol groups is 1. The van der Waals surface area contributed by atoms with Crippen LogP contribution >= 0.6 is 24.8 Å². The van der Waals surface area contributed by atoms with Gasteiger partial charge in [0.15, 0.2) is 0 Å². The molecular weight excluding hydrogens is 379 g/mol. The molecule has 111 valence electrons. The van der Waals surface area contributed by atoms with E-state index in [1.807, 2.05) is 25.0 Å². The number of rotatable bonds is 2. The van der Waals surface area contributed by atoms with E-state index in [1.165, 1.54) is 0 Å². The predicted octanol–water partition coefficient (Wildman–Crippen LogP) is 1.84. The average molecular weight is 397 g/mol. The Hall–Kier alpha value is -0.621. The third-order valence-corrected chi connectivity index (χ3v) is 3.52. The molecule has 0 unspecified atom stereocenters. The van der Waals surface area contributed by atoms with Crippen LogP contribution in [0.4, 0.5) is 5.69 Å². The molecule has 0 bridgehead atoms. The number of ether oxygens (including phenoxy) is 1. The van der Waals surface area contributed by atoms with E-state index in [0.717, 1.165) is 37.6 Å². The van der Waals surface area contributed by atoms with Crippen molar-refractivity contribution in [3.8, 4) is 5.75 Å². The Bertz CT molecular complexity index is 427. The molecule has 2 rings (SSSR count). The van der Waals surface area contributed by atoms with Crippen molar-refractivity contribution in [1.82, 2.24) is 4.90 Å². The number of para-hydroxylation sites is 2. The molecule has 0 saturated carbocycles.